The lowest BCUT2D eigenvalue weighted by molar-refractivity contribution is 0.557. The molecule has 0 aromatic carbocycles. The molecule has 0 nitrogen and oxygen atoms in total. The maximum absolute atomic E-state index is 2.64. The van der Waals surface area contributed by atoms with E-state index in [-0.39, 0.29) is 0 Å². The number of aryl methyl sites for hydroxylation is 4. The highest BCUT2D eigenvalue weighted by Gasteiger charge is 2.38. The Labute approximate surface area is 579 Å². The van der Waals surface area contributed by atoms with Gasteiger partial charge in [-0.25, -0.2) is 0 Å². The standard InChI is InChI=1S/C82H112S8/c1-5-9-13-17-21-25-29-33-37-41-45-61-49-53-69(83-61)73-57-65-77(66-58-74(88-80(66)79(65)87-73)70-54-50-62(84-70)46-42-38-34-30-26-22-18-14-10-6-2)78-67-59-75(71-55-51-63(85-71)47-43-39-35-31-27-23-19-15-11-7-3)89-81(67)82-68(78)60-76(90-82)72-56-52-64(86-72)48-44-40-36-32-28-24-20-16-12-8-4/h49-60H,5-48H2,1-4H3. The molecule has 0 amide bonds. The first kappa shape index (κ1) is 70.1. The summed E-state index contributed by atoms with van der Waals surface area (Å²) in [5.41, 5.74) is 8.87. The lowest BCUT2D eigenvalue weighted by atomic mass is 9.93. The van der Waals surface area contributed by atoms with Gasteiger partial charge in [0.15, 0.2) is 0 Å². The first-order chi connectivity index (χ1) is 44.5. The third-order valence-electron chi connectivity index (χ3n) is 19.4. The predicted molar refractivity (Wildman–Crippen MR) is 416 cm³/mol. The highest BCUT2D eigenvalue weighted by molar-refractivity contribution is 7.30. The van der Waals surface area contributed by atoms with Crippen molar-refractivity contribution in [3.05, 3.63) is 115 Å². The molecule has 8 aromatic rings. The summed E-state index contributed by atoms with van der Waals surface area (Å²) in [6.45, 7) is 9.29. The van der Waals surface area contributed by atoms with Crippen LogP contribution in [0.1, 0.15) is 326 Å². The average molecular weight is 1350 g/mol. The quantitative estimate of drug-likeness (QED) is 0.0334. The van der Waals surface area contributed by atoms with Crippen molar-refractivity contribution >= 4 is 102 Å². The second-order valence-corrected chi connectivity index (χ2v) is 35.8. The van der Waals surface area contributed by atoms with Crippen LogP contribution in [0.5, 0.6) is 0 Å². The van der Waals surface area contributed by atoms with E-state index in [1.807, 2.05) is 0 Å². The van der Waals surface area contributed by atoms with E-state index in [0.717, 1.165) is 0 Å². The van der Waals surface area contributed by atoms with Gasteiger partial charge < -0.3 is 0 Å². The molecule has 488 valence electrons. The summed E-state index contributed by atoms with van der Waals surface area (Å²) >= 11 is 16.6. The van der Waals surface area contributed by atoms with E-state index >= 15 is 0 Å². The first-order valence-corrected chi connectivity index (χ1v) is 43.7. The zero-order chi connectivity index (χ0) is 62.0. The molecule has 8 aromatic heterocycles. The first-order valence-electron chi connectivity index (χ1n) is 37.2. The number of thiophene rings is 8. The minimum Gasteiger partial charge on any atom is -0.139 e. The molecule has 0 N–H and O–H groups in total. The van der Waals surface area contributed by atoms with E-state index in [4.69, 9.17) is 0 Å². The number of unbranched alkanes of at least 4 members (excludes halogenated alkanes) is 36. The molecule has 8 heteroatoms. The van der Waals surface area contributed by atoms with Gasteiger partial charge in [-0.3, -0.25) is 0 Å². The predicted octanol–water partition coefficient (Wildman–Crippen LogP) is 31.7. The summed E-state index contributed by atoms with van der Waals surface area (Å²) in [6.07, 6.45) is 60.5. The Morgan fingerprint density at radius 2 is 0.367 bits per heavy atom. The smallest absolute Gasteiger partial charge is 0.0534 e. The van der Waals surface area contributed by atoms with Crippen LogP contribution in [0, 0.1) is 0 Å². The summed E-state index contributed by atoms with van der Waals surface area (Å²) in [4.78, 5) is 23.8. The fourth-order valence-electron chi connectivity index (χ4n) is 14.0. The molecule has 0 saturated carbocycles. The van der Waals surface area contributed by atoms with E-state index in [9.17, 15) is 0 Å². The Morgan fingerprint density at radius 1 is 0.189 bits per heavy atom. The van der Waals surface area contributed by atoms with Crippen LogP contribution in [-0.4, -0.2) is 0 Å². The molecule has 2 aliphatic carbocycles. The Hall–Kier alpha value is -2.66. The third-order valence-corrected chi connectivity index (χ3v) is 29.6. The van der Waals surface area contributed by atoms with Crippen LogP contribution in [0.2, 0.25) is 0 Å². The maximum Gasteiger partial charge on any atom is 0.0534 e. The molecule has 0 aliphatic heterocycles. The normalized spacial score (nSPS) is 12.6. The van der Waals surface area contributed by atoms with Crippen molar-refractivity contribution < 1.29 is 0 Å². The summed E-state index contributed by atoms with van der Waals surface area (Å²) in [6, 6.07) is 30.3. The van der Waals surface area contributed by atoms with Crippen LogP contribution in [0.4, 0.5) is 0 Å². The summed E-state index contributed by atoms with van der Waals surface area (Å²) in [7, 11) is 0. The molecule has 10 rings (SSSR count). The van der Waals surface area contributed by atoms with Crippen LogP contribution in [-0.2, 0) is 25.7 Å². The Bertz CT molecular complexity index is 2900. The number of hydrogen-bond acceptors (Lipinski definition) is 8. The molecule has 8 heterocycles. The highest BCUT2D eigenvalue weighted by Crippen LogP contribution is 2.64. The van der Waals surface area contributed by atoms with Gasteiger partial charge >= 0.3 is 0 Å². The second kappa shape index (κ2) is 38.8. The van der Waals surface area contributed by atoms with Gasteiger partial charge in [-0.1, -0.05) is 259 Å². The lowest BCUT2D eigenvalue weighted by Crippen LogP contribution is -1.88. The monoisotopic (exact) mass is 1350 g/mol. The Balaban J connectivity index is 0.916. The van der Waals surface area contributed by atoms with E-state index in [1.54, 1.807) is 19.5 Å². The largest absolute Gasteiger partial charge is 0.139 e. The number of rotatable bonds is 48. The molecule has 0 unspecified atom stereocenters. The Morgan fingerprint density at radius 3 is 0.556 bits per heavy atom. The number of fused-ring (bicyclic) bond motifs is 6. The van der Waals surface area contributed by atoms with Crippen LogP contribution < -0.4 is 0 Å². The molecular formula is C82H112S8. The van der Waals surface area contributed by atoms with Gasteiger partial charge in [0.05, 0.1) is 19.5 Å². The highest BCUT2D eigenvalue weighted by atomic mass is 32.1. The van der Waals surface area contributed by atoms with Gasteiger partial charge in [-0.2, -0.15) is 0 Å². The zero-order valence-electron chi connectivity index (χ0n) is 56.3. The topological polar surface area (TPSA) is 0 Å². The molecule has 90 heavy (non-hydrogen) atoms. The van der Waals surface area contributed by atoms with Crippen molar-refractivity contribution in [2.45, 2.75) is 310 Å². The molecule has 2 aliphatic rings. The molecule has 0 bridgehead atoms. The fourth-order valence-corrected chi connectivity index (χ4v) is 23.5. The van der Waals surface area contributed by atoms with Gasteiger partial charge in [0.1, 0.15) is 0 Å². The second-order valence-electron chi connectivity index (χ2n) is 27.0. The van der Waals surface area contributed by atoms with Crippen LogP contribution in [0.3, 0.4) is 0 Å². The van der Waals surface area contributed by atoms with Crippen molar-refractivity contribution in [1.82, 2.24) is 0 Å². The molecule has 0 atom stereocenters. The Kier molecular flexibility index (Phi) is 30.2. The van der Waals surface area contributed by atoms with Crippen LogP contribution in [0.15, 0.2) is 72.8 Å². The van der Waals surface area contributed by atoms with Gasteiger partial charge in [0.2, 0.25) is 0 Å². The van der Waals surface area contributed by atoms with E-state index in [0.29, 0.717) is 0 Å². The van der Waals surface area contributed by atoms with Crippen LogP contribution in [0.25, 0.3) is 69.7 Å². The molecule has 0 radical (unpaired) electrons. The fraction of sp³-hybridized carbons (Fsp3) is 0.585. The van der Waals surface area contributed by atoms with Crippen molar-refractivity contribution in [2.75, 3.05) is 0 Å². The van der Waals surface area contributed by atoms with Gasteiger partial charge in [-0.05, 0) is 124 Å². The molecular weight excluding hydrogens is 1240 g/mol. The van der Waals surface area contributed by atoms with Crippen LogP contribution >= 0.6 is 90.7 Å². The summed E-state index contributed by atoms with van der Waals surface area (Å²) in [5.74, 6) is 0. The van der Waals surface area contributed by atoms with Crippen molar-refractivity contribution in [2.24, 2.45) is 0 Å². The van der Waals surface area contributed by atoms with Gasteiger partial charge in [-0.15, -0.1) is 90.7 Å². The van der Waals surface area contributed by atoms with Crippen molar-refractivity contribution in [3.8, 4) is 58.5 Å². The minimum absolute atomic E-state index is 1.21. The van der Waals surface area contributed by atoms with E-state index in [2.05, 4.69) is 191 Å². The van der Waals surface area contributed by atoms with Crippen molar-refractivity contribution in [3.63, 3.8) is 0 Å². The number of hydrogen-bond donors (Lipinski definition) is 0. The summed E-state index contributed by atoms with van der Waals surface area (Å²) < 4.78 is 0. The lowest BCUT2D eigenvalue weighted by Gasteiger charge is -2.08. The molecule has 0 spiro atoms. The SMILES string of the molecule is CCCCCCCCCCCCc1ccc(-c2cc3c(s2)-c2sc(-c4ccc(CCCCCCCCCCCC)s4)cc2C3=C2c3cc(-c4ccc(CCCCCCCCCCCC)s4)sc3-c3sc(-c4ccc(CCCCCCCCCCCC)s4)cc32)s1. The average Bonchev–Trinajstić information content (AvgIpc) is 1.54. The third kappa shape index (κ3) is 20.2. The van der Waals surface area contributed by atoms with Gasteiger partial charge in [0, 0.05) is 91.9 Å². The van der Waals surface area contributed by atoms with Crippen molar-refractivity contribution in [1.29, 1.82) is 0 Å². The maximum atomic E-state index is 2.64. The molecule has 0 saturated heterocycles. The molecule has 0 fully saturated rings. The van der Waals surface area contributed by atoms with E-state index in [1.165, 1.54) is 374 Å². The zero-order valence-corrected chi connectivity index (χ0v) is 62.8. The summed E-state index contributed by atoms with van der Waals surface area (Å²) in [5, 5.41) is 0. The van der Waals surface area contributed by atoms with Gasteiger partial charge in [0.25, 0.3) is 0 Å². The van der Waals surface area contributed by atoms with E-state index < -0.39 is 0 Å². The minimum atomic E-state index is 1.21.